The summed E-state index contributed by atoms with van der Waals surface area (Å²) in [7, 11) is 0. The average molecular weight is 273 g/mol. The normalized spacial score (nSPS) is 10.0. The van der Waals surface area contributed by atoms with E-state index in [9.17, 15) is 0 Å². The molecule has 0 saturated carbocycles. The Hall–Kier alpha value is -2.12. The predicted octanol–water partition coefficient (Wildman–Crippen LogP) is 3.62. The molecule has 19 heavy (non-hydrogen) atoms. The number of aryl methyl sites for hydroxylation is 2. The highest BCUT2D eigenvalue weighted by Crippen LogP contribution is 2.22. The number of hydrogen-bond donors (Lipinski definition) is 1. The second kappa shape index (κ2) is 5.68. The van der Waals surface area contributed by atoms with Crippen molar-refractivity contribution < 1.29 is 0 Å². The molecule has 4 nitrogen and oxygen atoms in total. The van der Waals surface area contributed by atoms with E-state index in [4.69, 9.17) is 16.9 Å². The number of nitriles is 1. The van der Waals surface area contributed by atoms with E-state index in [1.807, 2.05) is 19.9 Å². The molecule has 1 aromatic carbocycles. The van der Waals surface area contributed by atoms with E-state index in [1.54, 1.807) is 18.2 Å². The summed E-state index contributed by atoms with van der Waals surface area (Å²) < 4.78 is 0. The van der Waals surface area contributed by atoms with Gasteiger partial charge in [-0.3, -0.25) is 0 Å². The molecule has 0 saturated heterocycles. The summed E-state index contributed by atoms with van der Waals surface area (Å²) in [4.78, 5) is 8.47. The molecule has 1 heterocycles. The molecule has 0 amide bonds. The lowest BCUT2D eigenvalue weighted by molar-refractivity contribution is 0.943. The number of halogens is 1. The molecule has 2 rings (SSSR count). The Morgan fingerprint density at radius 1 is 1.32 bits per heavy atom. The molecule has 5 heteroatoms. The highest BCUT2D eigenvalue weighted by Gasteiger charge is 2.05. The summed E-state index contributed by atoms with van der Waals surface area (Å²) in [5, 5.41) is 12.5. The van der Waals surface area contributed by atoms with Gasteiger partial charge in [0.1, 0.15) is 16.8 Å². The van der Waals surface area contributed by atoms with Crippen molar-refractivity contribution in [2.24, 2.45) is 0 Å². The first-order valence-corrected chi connectivity index (χ1v) is 6.31. The minimum Gasteiger partial charge on any atom is -0.340 e. The van der Waals surface area contributed by atoms with Crippen LogP contribution in [0.1, 0.15) is 23.9 Å². The van der Waals surface area contributed by atoms with Gasteiger partial charge in [0.2, 0.25) is 0 Å². The van der Waals surface area contributed by atoms with E-state index in [1.165, 1.54) is 0 Å². The Labute approximate surface area is 117 Å². The predicted molar refractivity (Wildman–Crippen MR) is 75.6 cm³/mol. The summed E-state index contributed by atoms with van der Waals surface area (Å²) in [5.41, 5.74) is 2.48. The van der Waals surface area contributed by atoms with Crippen LogP contribution in [0.4, 0.5) is 11.5 Å². The van der Waals surface area contributed by atoms with Gasteiger partial charge in [0.25, 0.3) is 0 Å². The van der Waals surface area contributed by atoms with Gasteiger partial charge in [-0.2, -0.15) is 5.26 Å². The molecule has 0 fully saturated rings. The second-order valence-corrected chi connectivity index (χ2v) is 4.50. The Balaban J connectivity index is 2.36. The minimum absolute atomic E-state index is 0.406. The first kappa shape index (κ1) is 13.3. The molecule has 0 aliphatic heterocycles. The largest absolute Gasteiger partial charge is 0.340 e. The average Bonchev–Trinajstić information content (AvgIpc) is 2.40. The van der Waals surface area contributed by atoms with Crippen LogP contribution in [-0.4, -0.2) is 9.97 Å². The van der Waals surface area contributed by atoms with Gasteiger partial charge in [-0.1, -0.05) is 24.6 Å². The highest BCUT2D eigenvalue weighted by molar-refractivity contribution is 6.29. The summed E-state index contributed by atoms with van der Waals surface area (Å²) in [6, 6.07) is 9.25. The summed E-state index contributed by atoms with van der Waals surface area (Å²) in [6.45, 7) is 3.93. The second-order valence-electron chi connectivity index (χ2n) is 4.11. The van der Waals surface area contributed by atoms with Crippen LogP contribution in [-0.2, 0) is 6.42 Å². The van der Waals surface area contributed by atoms with E-state index in [-0.39, 0.29) is 0 Å². The van der Waals surface area contributed by atoms with Crippen LogP contribution in [0.2, 0.25) is 5.15 Å². The number of hydrogen-bond acceptors (Lipinski definition) is 4. The van der Waals surface area contributed by atoms with Crippen LogP contribution in [0, 0.1) is 18.3 Å². The minimum atomic E-state index is 0.406. The summed E-state index contributed by atoms with van der Waals surface area (Å²) >= 11 is 5.95. The Bertz CT molecular complexity index is 646. The molecular weight excluding hydrogens is 260 g/mol. The molecule has 0 spiro atoms. The van der Waals surface area contributed by atoms with Crippen molar-refractivity contribution in [3.05, 3.63) is 46.4 Å². The third-order valence-electron chi connectivity index (χ3n) is 2.69. The highest BCUT2D eigenvalue weighted by atomic mass is 35.5. The van der Waals surface area contributed by atoms with Crippen molar-refractivity contribution in [1.82, 2.24) is 9.97 Å². The first-order chi connectivity index (χ1) is 9.12. The van der Waals surface area contributed by atoms with Crippen molar-refractivity contribution in [1.29, 1.82) is 5.26 Å². The van der Waals surface area contributed by atoms with Crippen molar-refractivity contribution in [2.45, 2.75) is 20.3 Å². The van der Waals surface area contributed by atoms with Crippen LogP contribution in [0.25, 0.3) is 0 Å². The van der Waals surface area contributed by atoms with Gasteiger partial charge in [-0.25, -0.2) is 9.97 Å². The van der Waals surface area contributed by atoms with Crippen molar-refractivity contribution >= 4 is 23.1 Å². The zero-order valence-electron chi connectivity index (χ0n) is 10.7. The van der Waals surface area contributed by atoms with Crippen molar-refractivity contribution in [2.75, 3.05) is 5.32 Å². The molecule has 1 aromatic heterocycles. The molecule has 96 valence electrons. The fourth-order valence-electron chi connectivity index (χ4n) is 1.65. The number of aromatic nitrogens is 2. The smallest absolute Gasteiger partial charge is 0.135 e. The van der Waals surface area contributed by atoms with Crippen LogP contribution in [0.3, 0.4) is 0 Å². The van der Waals surface area contributed by atoms with Gasteiger partial charge in [0, 0.05) is 18.2 Å². The zero-order chi connectivity index (χ0) is 13.8. The Morgan fingerprint density at radius 3 is 2.79 bits per heavy atom. The number of nitrogens with one attached hydrogen (secondary N) is 1. The van der Waals surface area contributed by atoms with Gasteiger partial charge in [-0.05, 0) is 24.6 Å². The van der Waals surface area contributed by atoms with Crippen LogP contribution < -0.4 is 5.32 Å². The number of rotatable bonds is 3. The standard InChI is InChI=1S/C14H13ClN4/c1-3-13-18-12(15)7-14(19-13)17-11-6-10(8-16)5-4-9(11)2/h4-7H,3H2,1-2H3,(H,17,18,19). The molecule has 0 bridgehead atoms. The molecule has 2 aromatic rings. The number of benzene rings is 1. The van der Waals surface area contributed by atoms with E-state index < -0.39 is 0 Å². The topological polar surface area (TPSA) is 61.6 Å². The molecule has 0 aliphatic carbocycles. The first-order valence-electron chi connectivity index (χ1n) is 5.93. The van der Waals surface area contributed by atoms with Crippen LogP contribution in [0.5, 0.6) is 0 Å². The lowest BCUT2D eigenvalue weighted by Gasteiger charge is -2.10. The Morgan fingerprint density at radius 2 is 2.11 bits per heavy atom. The van der Waals surface area contributed by atoms with Crippen molar-refractivity contribution in [3.8, 4) is 6.07 Å². The maximum atomic E-state index is 8.92. The SMILES string of the molecule is CCc1nc(Cl)cc(Nc2cc(C#N)ccc2C)n1. The zero-order valence-corrected chi connectivity index (χ0v) is 11.5. The van der Waals surface area contributed by atoms with Gasteiger partial charge in [-0.15, -0.1) is 0 Å². The Kier molecular flexibility index (Phi) is 3.98. The number of anilines is 2. The summed E-state index contributed by atoms with van der Waals surface area (Å²) in [6.07, 6.45) is 0.715. The molecule has 0 radical (unpaired) electrons. The van der Waals surface area contributed by atoms with E-state index >= 15 is 0 Å². The fraction of sp³-hybridized carbons (Fsp3) is 0.214. The van der Waals surface area contributed by atoms with E-state index in [2.05, 4.69) is 21.4 Å². The van der Waals surface area contributed by atoms with Gasteiger partial charge < -0.3 is 5.32 Å². The maximum Gasteiger partial charge on any atom is 0.135 e. The lowest BCUT2D eigenvalue weighted by atomic mass is 10.1. The third-order valence-corrected chi connectivity index (χ3v) is 2.88. The quantitative estimate of drug-likeness (QED) is 0.867. The summed E-state index contributed by atoms with van der Waals surface area (Å²) in [5.74, 6) is 1.32. The van der Waals surface area contributed by atoms with Gasteiger partial charge in [0.15, 0.2) is 0 Å². The molecular formula is C14H13ClN4. The fourth-order valence-corrected chi connectivity index (χ4v) is 1.85. The lowest BCUT2D eigenvalue weighted by Crippen LogP contribution is -2.01. The monoisotopic (exact) mass is 272 g/mol. The maximum absolute atomic E-state index is 8.92. The molecule has 0 atom stereocenters. The molecule has 0 unspecified atom stereocenters. The number of nitrogens with zero attached hydrogens (tertiary/aromatic N) is 3. The van der Waals surface area contributed by atoms with Crippen molar-refractivity contribution in [3.63, 3.8) is 0 Å². The van der Waals surface area contributed by atoms with Gasteiger partial charge >= 0.3 is 0 Å². The van der Waals surface area contributed by atoms with Crippen LogP contribution in [0.15, 0.2) is 24.3 Å². The van der Waals surface area contributed by atoms with Gasteiger partial charge in [0.05, 0.1) is 11.6 Å². The molecule has 1 N–H and O–H groups in total. The third kappa shape index (κ3) is 3.21. The van der Waals surface area contributed by atoms with E-state index in [0.717, 1.165) is 11.3 Å². The van der Waals surface area contributed by atoms with E-state index in [0.29, 0.717) is 28.8 Å². The van der Waals surface area contributed by atoms with Crippen LogP contribution >= 0.6 is 11.6 Å². The molecule has 0 aliphatic rings.